The van der Waals surface area contributed by atoms with E-state index in [1.54, 1.807) is 24.3 Å². The molecule has 1 unspecified atom stereocenters. The lowest BCUT2D eigenvalue weighted by Gasteiger charge is -2.31. The van der Waals surface area contributed by atoms with Gasteiger partial charge in [0.15, 0.2) is 8.32 Å². The van der Waals surface area contributed by atoms with Crippen LogP contribution in [0.3, 0.4) is 0 Å². The van der Waals surface area contributed by atoms with Crippen molar-refractivity contribution < 1.29 is 19.1 Å². The average molecular weight is 338 g/mol. The Morgan fingerprint density at radius 2 is 1.78 bits per heavy atom. The number of urea groups is 1. The number of primary amides is 1. The SMILES string of the molecule is CC[Si](CC)(CC)OC(Cc1ccccc1NC(N)=O)C(=O)O. The molecule has 2 amide bonds. The Labute approximate surface area is 138 Å². The van der Waals surface area contributed by atoms with Crippen molar-refractivity contribution in [3.8, 4) is 0 Å². The lowest BCUT2D eigenvalue weighted by atomic mass is 10.1. The summed E-state index contributed by atoms with van der Waals surface area (Å²) in [5.74, 6) is -0.980. The number of carboxylic acid groups (broad SMARTS) is 1. The van der Waals surface area contributed by atoms with Crippen LogP contribution in [-0.2, 0) is 15.6 Å². The fourth-order valence-corrected chi connectivity index (χ4v) is 5.42. The minimum absolute atomic E-state index is 0.195. The number of carbonyl (C=O) groups is 2. The molecule has 0 aliphatic heterocycles. The third kappa shape index (κ3) is 5.37. The number of hydrogen-bond acceptors (Lipinski definition) is 3. The molecule has 1 aromatic carbocycles. The van der Waals surface area contributed by atoms with E-state index in [0.717, 1.165) is 18.1 Å². The summed E-state index contributed by atoms with van der Waals surface area (Å²) in [5, 5.41) is 12.1. The van der Waals surface area contributed by atoms with Gasteiger partial charge in [-0.25, -0.2) is 9.59 Å². The number of anilines is 1. The van der Waals surface area contributed by atoms with Crippen LogP contribution in [-0.4, -0.2) is 31.5 Å². The van der Waals surface area contributed by atoms with Gasteiger partial charge in [-0.2, -0.15) is 0 Å². The van der Waals surface area contributed by atoms with Gasteiger partial charge in [-0.05, 0) is 29.8 Å². The van der Waals surface area contributed by atoms with Gasteiger partial charge in [-0.1, -0.05) is 39.0 Å². The molecule has 0 aromatic heterocycles. The van der Waals surface area contributed by atoms with Crippen molar-refractivity contribution in [2.75, 3.05) is 5.32 Å². The molecule has 0 spiro atoms. The number of benzene rings is 1. The summed E-state index contributed by atoms with van der Waals surface area (Å²) in [6.07, 6.45) is -0.724. The van der Waals surface area contributed by atoms with Crippen molar-refractivity contribution in [3.05, 3.63) is 29.8 Å². The molecule has 1 atom stereocenters. The predicted octanol–water partition coefficient (Wildman–Crippen LogP) is 3.19. The summed E-state index contributed by atoms with van der Waals surface area (Å²) in [4.78, 5) is 22.7. The molecule has 1 rings (SSSR count). The summed E-state index contributed by atoms with van der Waals surface area (Å²) in [6, 6.07) is 8.99. The van der Waals surface area contributed by atoms with Crippen LogP contribution >= 0.6 is 0 Å². The summed E-state index contributed by atoms with van der Waals surface area (Å²) in [7, 11) is -2.04. The first-order chi connectivity index (χ1) is 10.9. The summed E-state index contributed by atoms with van der Waals surface area (Å²) in [5.41, 5.74) is 6.38. The Morgan fingerprint density at radius 3 is 2.26 bits per heavy atom. The van der Waals surface area contributed by atoms with Crippen LogP contribution in [0.1, 0.15) is 26.3 Å². The third-order valence-corrected chi connectivity index (χ3v) is 8.93. The number of nitrogens with two attached hydrogens (primary N) is 1. The van der Waals surface area contributed by atoms with Gasteiger partial charge >= 0.3 is 12.0 Å². The molecule has 0 bridgehead atoms. The van der Waals surface area contributed by atoms with E-state index in [9.17, 15) is 14.7 Å². The van der Waals surface area contributed by atoms with E-state index in [4.69, 9.17) is 10.2 Å². The fraction of sp³-hybridized carbons (Fsp3) is 0.500. The van der Waals surface area contributed by atoms with E-state index >= 15 is 0 Å². The number of para-hydroxylation sites is 1. The molecule has 1 aromatic rings. The van der Waals surface area contributed by atoms with E-state index in [0.29, 0.717) is 11.3 Å². The molecule has 0 radical (unpaired) electrons. The molecule has 23 heavy (non-hydrogen) atoms. The maximum absolute atomic E-state index is 11.6. The van der Waals surface area contributed by atoms with E-state index in [2.05, 4.69) is 26.1 Å². The van der Waals surface area contributed by atoms with Gasteiger partial charge in [0, 0.05) is 12.1 Å². The van der Waals surface area contributed by atoms with Crippen LogP contribution in [0, 0.1) is 0 Å². The zero-order valence-corrected chi connectivity index (χ0v) is 15.0. The number of amides is 2. The maximum Gasteiger partial charge on any atom is 0.331 e. The maximum atomic E-state index is 11.6. The van der Waals surface area contributed by atoms with E-state index in [1.807, 2.05) is 0 Å². The summed E-state index contributed by atoms with van der Waals surface area (Å²) >= 11 is 0. The van der Waals surface area contributed by atoms with Crippen LogP contribution < -0.4 is 11.1 Å². The monoisotopic (exact) mass is 338 g/mol. The van der Waals surface area contributed by atoms with Gasteiger partial charge in [0.05, 0.1) is 0 Å². The van der Waals surface area contributed by atoms with Crippen molar-refractivity contribution >= 4 is 26.0 Å². The predicted molar refractivity (Wildman–Crippen MR) is 93.1 cm³/mol. The second kappa shape index (κ2) is 8.69. The molecular formula is C16H26N2O4Si. The third-order valence-electron chi connectivity index (χ3n) is 4.28. The quantitative estimate of drug-likeness (QED) is 0.602. The summed E-state index contributed by atoms with van der Waals surface area (Å²) < 4.78 is 6.11. The Morgan fingerprint density at radius 1 is 1.22 bits per heavy atom. The highest BCUT2D eigenvalue weighted by molar-refractivity contribution is 6.73. The topological polar surface area (TPSA) is 102 Å². The minimum atomic E-state index is -2.04. The standard InChI is InChI=1S/C16H26N2O4Si/c1-4-23(5-2,6-3)22-14(15(19)20)11-12-9-7-8-10-13(12)18-16(17)21/h7-10,14H,4-6,11H2,1-3H3,(H,19,20)(H3,17,18,21). The Kier molecular flexibility index (Phi) is 7.25. The number of carbonyl (C=O) groups excluding carboxylic acids is 1. The Bertz CT molecular complexity index is 538. The molecule has 0 saturated heterocycles. The second-order valence-corrected chi connectivity index (χ2v) is 10.3. The summed E-state index contributed by atoms with van der Waals surface area (Å²) in [6.45, 7) is 6.17. The fourth-order valence-electron chi connectivity index (χ4n) is 2.63. The number of aliphatic carboxylic acids is 1. The van der Waals surface area contributed by atoms with Crippen molar-refractivity contribution in [2.24, 2.45) is 5.73 Å². The molecule has 128 valence electrons. The minimum Gasteiger partial charge on any atom is -0.479 e. The van der Waals surface area contributed by atoms with Gasteiger partial charge < -0.3 is 20.6 Å². The molecular weight excluding hydrogens is 312 g/mol. The van der Waals surface area contributed by atoms with Gasteiger partial charge in [0.25, 0.3) is 0 Å². The lowest BCUT2D eigenvalue weighted by molar-refractivity contribution is -0.145. The first kappa shape index (κ1) is 19.2. The number of rotatable bonds is 9. The van der Waals surface area contributed by atoms with Crippen LogP contribution in [0.15, 0.2) is 24.3 Å². The van der Waals surface area contributed by atoms with Gasteiger partial charge in [0.1, 0.15) is 6.10 Å². The molecule has 0 heterocycles. The van der Waals surface area contributed by atoms with Gasteiger partial charge in [-0.15, -0.1) is 0 Å². The van der Waals surface area contributed by atoms with E-state index in [1.165, 1.54) is 0 Å². The first-order valence-electron chi connectivity index (χ1n) is 7.92. The first-order valence-corrected chi connectivity index (χ1v) is 10.4. The van der Waals surface area contributed by atoms with Gasteiger partial charge in [0.2, 0.25) is 0 Å². The van der Waals surface area contributed by atoms with Crippen LogP contribution in [0.25, 0.3) is 0 Å². The molecule has 6 nitrogen and oxygen atoms in total. The molecule has 0 aliphatic rings. The number of hydrogen-bond donors (Lipinski definition) is 3. The van der Waals surface area contributed by atoms with Crippen LogP contribution in [0.5, 0.6) is 0 Å². The van der Waals surface area contributed by atoms with E-state index < -0.39 is 26.4 Å². The van der Waals surface area contributed by atoms with Gasteiger partial charge in [-0.3, -0.25) is 0 Å². The van der Waals surface area contributed by atoms with Crippen LogP contribution in [0.2, 0.25) is 18.1 Å². The average Bonchev–Trinajstić information content (AvgIpc) is 2.52. The lowest BCUT2D eigenvalue weighted by Crippen LogP contribution is -2.43. The van der Waals surface area contributed by atoms with Crippen molar-refractivity contribution in [1.82, 2.24) is 0 Å². The highest BCUT2D eigenvalue weighted by Gasteiger charge is 2.35. The molecule has 0 saturated carbocycles. The largest absolute Gasteiger partial charge is 0.479 e. The Balaban J connectivity index is 3.01. The molecule has 7 heteroatoms. The molecule has 0 aliphatic carbocycles. The van der Waals surface area contributed by atoms with Crippen molar-refractivity contribution in [2.45, 2.75) is 51.4 Å². The Hall–Kier alpha value is -1.86. The highest BCUT2D eigenvalue weighted by atomic mass is 28.4. The normalized spacial score (nSPS) is 12.7. The van der Waals surface area contributed by atoms with Crippen molar-refractivity contribution in [3.63, 3.8) is 0 Å². The smallest absolute Gasteiger partial charge is 0.331 e. The number of carboxylic acids is 1. The highest BCUT2D eigenvalue weighted by Crippen LogP contribution is 2.26. The van der Waals surface area contributed by atoms with E-state index in [-0.39, 0.29) is 6.42 Å². The van der Waals surface area contributed by atoms with Crippen molar-refractivity contribution in [1.29, 1.82) is 0 Å². The molecule has 0 fully saturated rings. The zero-order valence-electron chi connectivity index (χ0n) is 14.0. The second-order valence-electron chi connectivity index (χ2n) is 5.54. The number of nitrogens with one attached hydrogen (secondary N) is 1. The molecule has 4 N–H and O–H groups in total. The van der Waals surface area contributed by atoms with Crippen LogP contribution in [0.4, 0.5) is 10.5 Å². The zero-order chi connectivity index (χ0) is 17.5.